The van der Waals surface area contributed by atoms with Crippen LogP contribution < -0.4 is 27.2 Å². The molecule has 0 radical (unpaired) electrons. The van der Waals surface area contributed by atoms with Gasteiger partial charge in [0.1, 0.15) is 0 Å². The van der Waals surface area contributed by atoms with Gasteiger partial charge in [0.2, 0.25) is 17.7 Å². The number of benzene rings is 1. The molecular weight excluding hydrogens is 724 g/mol. The summed E-state index contributed by atoms with van der Waals surface area (Å²) in [6, 6.07) is 6.36. The van der Waals surface area contributed by atoms with Gasteiger partial charge in [-0.05, 0) is 36.3 Å². The first-order valence-corrected chi connectivity index (χ1v) is 17.9. The van der Waals surface area contributed by atoms with Crippen molar-refractivity contribution < 1.29 is 58.8 Å². The number of rotatable bonds is 29. The second-order valence-electron chi connectivity index (χ2n) is 13.5. The van der Waals surface area contributed by atoms with Crippen molar-refractivity contribution in [2.75, 3.05) is 65.4 Å². The Hall–Kier alpha value is -5.18. The molecular formula is C35H56N8O12. The predicted molar refractivity (Wildman–Crippen MR) is 197 cm³/mol. The third-order valence-electron chi connectivity index (χ3n) is 7.93. The monoisotopic (exact) mass is 780 g/mol. The number of hydrazine groups is 1. The van der Waals surface area contributed by atoms with Gasteiger partial charge in [0, 0.05) is 45.7 Å². The van der Waals surface area contributed by atoms with Crippen LogP contribution in [0.4, 0.5) is 0 Å². The number of hydrogen-bond acceptors (Lipinski definition) is 12. The van der Waals surface area contributed by atoms with E-state index in [-0.39, 0.29) is 63.9 Å². The van der Waals surface area contributed by atoms with Crippen molar-refractivity contribution >= 4 is 47.5 Å². The Morgan fingerprint density at radius 3 is 1.58 bits per heavy atom. The first-order chi connectivity index (χ1) is 25.9. The summed E-state index contributed by atoms with van der Waals surface area (Å²) in [7, 11) is 0. The van der Waals surface area contributed by atoms with Crippen molar-refractivity contribution in [3.05, 3.63) is 35.4 Å². The number of unbranched alkanes of at least 4 members (excludes halogenated alkanes) is 2. The van der Waals surface area contributed by atoms with Crippen LogP contribution in [0.1, 0.15) is 57.1 Å². The fourth-order valence-corrected chi connectivity index (χ4v) is 5.24. The van der Waals surface area contributed by atoms with Crippen LogP contribution in [0.5, 0.6) is 0 Å². The minimum absolute atomic E-state index is 0.0348. The number of nitrogens with zero attached hydrogens (tertiary/aromatic N) is 3. The molecule has 20 heteroatoms. The van der Waals surface area contributed by atoms with E-state index in [0.29, 0.717) is 37.8 Å². The molecule has 0 heterocycles. The molecule has 0 unspecified atom stereocenters. The zero-order chi connectivity index (χ0) is 41.3. The molecule has 308 valence electrons. The standard InChI is InChI=1S/C35H56N8O12/c1-24(2)16-27(36)35(55)40-39-29(45)17-25-7-9-26(10-8-25)18-38-28(44)6-4-3-5-11-37-30(46)19-41(12-14-42(20-31(47)48)21-32(49)50)13-15-43(22-33(51)52)23-34(53)54/h7-10,24,27H,3-6,11-23,36H2,1-2H3,(H,37,46)(H,38,44)(H,39,45)(H,40,55)(H,47,48)(H,49,50)(H,51,52)(H,53,54)/t27-/m1/s1. The van der Waals surface area contributed by atoms with Gasteiger partial charge in [-0.25, -0.2) is 0 Å². The molecule has 10 N–H and O–H groups in total. The quantitative estimate of drug-likeness (QED) is 0.0323. The smallest absolute Gasteiger partial charge is 0.317 e. The van der Waals surface area contributed by atoms with Crippen LogP contribution in [0.25, 0.3) is 0 Å². The molecule has 0 bridgehead atoms. The maximum atomic E-state index is 12.7. The Labute approximate surface area is 319 Å². The zero-order valence-corrected chi connectivity index (χ0v) is 31.5. The Morgan fingerprint density at radius 2 is 1.09 bits per heavy atom. The Bertz CT molecular complexity index is 1350. The van der Waals surface area contributed by atoms with E-state index < -0.39 is 73.8 Å². The second kappa shape index (κ2) is 26.6. The van der Waals surface area contributed by atoms with Gasteiger partial charge in [-0.1, -0.05) is 44.5 Å². The number of carbonyl (C=O) groups is 8. The minimum Gasteiger partial charge on any atom is -0.480 e. The summed E-state index contributed by atoms with van der Waals surface area (Å²) in [5.41, 5.74) is 12.0. The fourth-order valence-electron chi connectivity index (χ4n) is 5.24. The van der Waals surface area contributed by atoms with E-state index in [1.54, 1.807) is 29.2 Å². The van der Waals surface area contributed by atoms with Crippen molar-refractivity contribution in [2.24, 2.45) is 11.7 Å². The second-order valence-corrected chi connectivity index (χ2v) is 13.5. The molecule has 0 aliphatic carbocycles. The summed E-state index contributed by atoms with van der Waals surface area (Å²) in [6.07, 6.45) is 2.56. The molecule has 0 spiro atoms. The molecule has 0 saturated heterocycles. The van der Waals surface area contributed by atoms with Gasteiger partial charge in [0.25, 0.3) is 5.91 Å². The van der Waals surface area contributed by atoms with Gasteiger partial charge < -0.3 is 36.8 Å². The van der Waals surface area contributed by atoms with Crippen LogP contribution in [-0.2, 0) is 51.3 Å². The van der Waals surface area contributed by atoms with Crippen LogP contribution >= 0.6 is 0 Å². The number of amides is 4. The van der Waals surface area contributed by atoms with Crippen LogP contribution in [0.2, 0.25) is 0 Å². The number of nitrogens with two attached hydrogens (primary N) is 1. The number of carboxylic acid groups (broad SMARTS) is 4. The molecule has 1 rings (SSSR count). The summed E-state index contributed by atoms with van der Waals surface area (Å²) in [4.78, 5) is 97.9. The summed E-state index contributed by atoms with van der Waals surface area (Å²) in [6.45, 7) is 2.10. The molecule has 55 heavy (non-hydrogen) atoms. The number of hydrogen-bond donors (Lipinski definition) is 9. The number of carbonyl (C=O) groups excluding carboxylic acids is 4. The third-order valence-corrected chi connectivity index (χ3v) is 7.93. The van der Waals surface area contributed by atoms with Crippen LogP contribution in [0.15, 0.2) is 24.3 Å². The van der Waals surface area contributed by atoms with Crippen molar-refractivity contribution in [3.8, 4) is 0 Å². The molecule has 0 saturated carbocycles. The van der Waals surface area contributed by atoms with Gasteiger partial charge in [-0.15, -0.1) is 0 Å². The first-order valence-electron chi connectivity index (χ1n) is 17.9. The molecule has 4 amide bonds. The number of aliphatic carboxylic acids is 4. The van der Waals surface area contributed by atoms with Crippen molar-refractivity contribution in [1.82, 2.24) is 36.2 Å². The molecule has 20 nitrogen and oxygen atoms in total. The van der Waals surface area contributed by atoms with E-state index in [0.717, 1.165) is 15.4 Å². The molecule has 0 aliphatic rings. The molecule has 1 atom stereocenters. The maximum Gasteiger partial charge on any atom is 0.317 e. The molecule has 0 aromatic heterocycles. The van der Waals surface area contributed by atoms with E-state index in [2.05, 4.69) is 21.5 Å². The van der Waals surface area contributed by atoms with Crippen molar-refractivity contribution in [2.45, 2.75) is 65.0 Å². The van der Waals surface area contributed by atoms with Crippen LogP contribution in [0, 0.1) is 5.92 Å². The number of carboxylic acids is 4. The average Bonchev–Trinajstić information content (AvgIpc) is 3.08. The number of nitrogens with one attached hydrogen (secondary N) is 4. The highest BCUT2D eigenvalue weighted by Crippen LogP contribution is 2.07. The van der Waals surface area contributed by atoms with Gasteiger partial charge in [-0.3, -0.25) is 63.9 Å². The topological polar surface area (TPSA) is 301 Å². The predicted octanol–water partition coefficient (Wildman–Crippen LogP) is -1.71. The van der Waals surface area contributed by atoms with Crippen LogP contribution in [0.3, 0.4) is 0 Å². The minimum atomic E-state index is -1.24. The van der Waals surface area contributed by atoms with E-state index in [1.165, 1.54) is 0 Å². The molecule has 0 aliphatic heterocycles. The lowest BCUT2D eigenvalue weighted by atomic mass is 10.0. The average molecular weight is 781 g/mol. The van der Waals surface area contributed by atoms with Crippen LogP contribution in [-0.4, -0.2) is 154 Å². The van der Waals surface area contributed by atoms with Gasteiger partial charge in [0.05, 0.1) is 45.2 Å². The Kier molecular flexibility index (Phi) is 23.1. The van der Waals surface area contributed by atoms with Gasteiger partial charge in [0.15, 0.2) is 0 Å². The summed E-state index contributed by atoms with van der Waals surface area (Å²) < 4.78 is 0. The first kappa shape index (κ1) is 47.8. The zero-order valence-electron chi connectivity index (χ0n) is 31.5. The third kappa shape index (κ3) is 24.7. The van der Waals surface area contributed by atoms with Gasteiger partial charge in [-0.2, -0.15) is 0 Å². The van der Waals surface area contributed by atoms with Crippen molar-refractivity contribution in [1.29, 1.82) is 0 Å². The van der Waals surface area contributed by atoms with E-state index >= 15 is 0 Å². The Balaban J connectivity index is 2.47. The van der Waals surface area contributed by atoms with Crippen molar-refractivity contribution in [3.63, 3.8) is 0 Å². The summed E-state index contributed by atoms with van der Waals surface area (Å²) in [5.74, 6) is -6.15. The molecule has 1 aromatic carbocycles. The highest BCUT2D eigenvalue weighted by molar-refractivity contribution is 5.86. The highest BCUT2D eigenvalue weighted by atomic mass is 16.4. The van der Waals surface area contributed by atoms with E-state index in [1.807, 2.05) is 13.8 Å². The summed E-state index contributed by atoms with van der Waals surface area (Å²) >= 11 is 0. The normalized spacial score (nSPS) is 11.7. The van der Waals surface area contributed by atoms with E-state index in [4.69, 9.17) is 26.2 Å². The lowest BCUT2D eigenvalue weighted by molar-refractivity contribution is -0.143. The van der Waals surface area contributed by atoms with E-state index in [9.17, 15) is 38.4 Å². The Morgan fingerprint density at radius 1 is 0.600 bits per heavy atom. The SMILES string of the molecule is CC(C)C[C@@H](N)C(=O)NNC(=O)Cc1ccc(CNC(=O)CCCCCNC(=O)CN(CCN(CC(=O)O)CC(=O)O)CCN(CC(=O)O)CC(=O)O)cc1. The largest absolute Gasteiger partial charge is 0.480 e. The highest BCUT2D eigenvalue weighted by Gasteiger charge is 2.20. The maximum absolute atomic E-state index is 12.7. The molecule has 0 fully saturated rings. The fraction of sp³-hybridized carbons (Fsp3) is 0.600. The lowest BCUT2D eigenvalue weighted by Gasteiger charge is -2.28. The van der Waals surface area contributed by atoms with Gasteiger partial charge >= 0.3 is 23.9 Å². The summed E-state index contributed by atoms with van der Waals surface area (Å²) in [5, 5.41) is 42.1. The lowest BCUT2D eigenvalue weighted by Crippen LogP contribution is -2.50. The molecule has 1 aromatic rings.